The van der Waals surface area contributed by atoms with E-state index in [9.17, 15) is 19.2 Å². The Kier molecular flexibility index (Phi) is 16.1. The molecule has 0 aromatic carbocycles. The quantitative estimate of drug-likeness (QED) is 0.276. The standard InChI is InChI=1S/C16H30N4O4S2/c1-3-5-6-7-8-13(21)19-16(24)18-10-11-25-26-12-14(22)20-15(23)17-9-4-2/h3-12H2,1-2H3,(H2,17,20,22,23)(H2,18,19,21,24). The van der Waals surface area contributed by atoms with Crippen LogP contribution < -0.4 is 21.3 Å². The zero-order valence-electron chi connectivity index (χ0n) is 15.5. The summed E-state index contributed by atoms with van der Waals surface area (Å²) in [4.78, 5) is 45.8. The van der Waals surface area contributed by atoms with Gasteiger partial charge in [-0.25, -0.2) is 9.59 Å². The van der Waals surface area contributed by atoms with Crippen LogP contribution in [-0.4, -0.2) is 48.5 Å². The van der Waals surface area contributed by atoms with Crippen LogP contribution in [0.2, 0.25) is 0 Å². The van der Waals surface area contributed by atoms with E-state index >= 15 is 0 Å². The number of rotatable bonds is 13. The van der Waals surface area contributed by atoms with Crippen molar-refractivity contribution in [3.63, 3.8) is 0 Å². The minimum absolute atomic E-state index is 0.145. The van der Waals surface area contributed by atoms with E-state index in [1.807, 2.05) is 6.92 Å². The van der Waals surface area contributed by atoms with Crippen LogP contribution >= 0.6 is 21.6 Å². The summed E-state index contributed by atoms with van der Waals surface area (Å²) in [7, 11) is 2.70. The molecule has 10 heteroatoms. The van der Waals surface area contributed by atoms with Crippen molar-refractivity contribution < 1.29 is 19.2 Å². The lowest BCUT2D eigenvalue weighted by Crippen LogP contribution is -2.40. The Labute approximate surface area is 163 Å². The molecule has 0 aromatic heterocycles. The second-order valence-corrected chi connectivity index (χ2v) is 8.09. The third-order valence-electron chi connectivity index (χ3n) is 3.04. The SMILES string of the molecule is CCCCCCC(=O)NC(=O)NCCSSCC(=O)NC(=O)NCCC. The molecule has 26 heavy (non-hydrogen) atoms. The van der Waals surface area contributed by atoms with Crippen LogP contribution in [0.25, 0.3) is 0 Å². The van der Waals surface area contributed by atoms with Crippen molar-refractivity contribution in [3.8, 4) is 0 Å². The van der Waals surface area contributed by atoms with Crippen molar-refractivity contribution in [2.45, 2.75) is 52.4 Å². The van der Waals surface area contributed by atoms with E-state index in [1.165, 1.54) is 21.6 Å². The Hall–Kier alpha value is -1.42. The first-order valence-electron chi connectivity index (χ1n) is 8.89. The summed E-state index contributed by atoms with van der Waals surface area (Å²) in [6, 6.07) is -0.985. The zero-order valence-corrected chi connectivity index (χ0v) is 17.2. The molecule has 0 saturated heterocycles. The first-order valence-corrected chi connectivity index (χ1v) is 11.4. The van der Waals surface area contributed by atoms with Crippen molar-refractivity contribution in [1.82, 2.24) is 21.3 Å². The molecule has 150 valence electrons. The van der Waals surface area contributed by atoms with Gasteiger partial charge in [-0.1, -0.05) is 54.7 Å². The Balaban J connectivity index is 3.56. The Morgan fingerprint density at radius 3 is 2.04 bits per heavy atom. The molecule has 8 nitrogen and oxygen atoms in total. The molecule has 0 heterocycles. The molecular formula is C16H30N4O4S2. The van der Waals surface area contributed by atoms with Gasteiger partial charge in [0.2, 0.25) is 11.8 Å². The molecule has 0 atom stereocenters. The van der Waals surface area contributed by atoms with Gasteiger partial charge < -0.3 is 10.6 Å². The minimum atomic E-state index is -0.499. The fraction of sp³-hybridized carbons (Fsp3) is 0.750. The molecule has 0 saturated carbocycles. The summed E-state index contributed by atoms with van der Waals surface area (Å²) in [5.41, 5.74) is 0. The summed E-state index contributed by atoms with van der Waals surface area (Å²) in [6.07, 6.45) is 5.14. The van der Waals surface area contributed by atoms with Crippen molar-refractivity contribution in [2.24, 2.45) is 0 Å². The fourth-order valence-corrected chi connectivity index (χ4v) is 3.49. The molecule has 0 rings (SSSR count). The maximum Gasteiger partial charge on any atom is 0.321 e. The van der Waals surface area contributed by atoms with Gasteiger partial charge in [-0.3, -0.25) is 20.2 Å². The van der Waals surface area contributed by atoms with Crippen molar-refractivity contribution >= 4 is 45.5 Å². The van der Waals surface area contributed by atoms with Crippen LogP contribution in [0.1, 0.15) is 52.4 Å². The van der Waals surface area contributed by atoms with Gasteiger partial charge in [0.05, 0.1) is 5.75 Å². The topological polar surface area (TPSA) is 116 Å². The molecule has 0 bridgehead atoms. The molecule has 0 aromatic rings. The highest BCUT2D eigenvalue weighted by atomic mass is 33.1. The van der Waals surface area contributed by atoms with Gasteiger partial charge in [0, 0.05) is 25.3 Å². The molecule has 0 radical (unpaired) electrons. The second kappa shape index (κ2) is 17.0. The number of carbonyl (C=O) groups is 4. The zero-order chi connectivity index (χ0) is 19.6. The first kappa shape index (κ1) is 24.6. The molecule has 0 aliphatic carbocycles. The van der Waals surface area contributed by atoms with Crippen LogP contribution in [-0.2, 0) is 9.59 Å². The maximum atomic E-state index is 11.5. The number of hydrogen-bond donors (Lipinski definition) is 4. The summed E-state index contributed by atoms with van der Waals surface area (Å²) in [6.45, 7) is 4.92. The number of imide groups is 2. The van der Waals surface area contributed by atoms with Gasteiger partial charge in [0.15, 0.2) is 0 Å². The minimum Gasteiger partial charge on any atom is -0.338 e. The van der Waals surface area contributed by atoms with E-state index in [1.54, 1.807) is 0 Å². The molecule has 0 aliphatic rings. The number of unbranched alkanes of at least 4 members (excludes halogenated alkanes) is 3. The van der Waals surface area contributed by atoms with Crippen LogP contribution in [0.4, 0.5) is 9.59 Å². The van der Waals surface area contributed by atoms with Gasteiger partial charge in [-0.2, -0.15) is 0 Å². The molecule has 0 fully saturated rings. The third-order valence-corrected chi connectivity index (χ3v) is 5.31. The van der Waals surface area contributed by atoms with Gasteiger partial charge in [-0.15, -0.1) is 0 Å². The van der Waals surface area contributed by atoms with Crippen molar-refractivity contribution in [1.29, 1.82) is 0 Å². The summed E-state index contributed by atoms with van der Waals surface area (Å²) < 4.78 is 0. The Morgan fingerprint density at radius 1 is 0.731 bits per heavy atom. The van der Waals surface area contributed by atoms with E-state index in [-0.39, 0.29) is 17.6 Å². The number of nitrogens with one attached hydrogen (secondary N) is 4. The molecule has 0 spiro atoms. The van der Waals surface area contributed by atoms with E-state index in [0.717, 1.165) is 32.1 Å². The lowest BCUT2D eigenvalue weighted by molar-refractivity contribution is -0.120. The highest BCUT2D eigenvalue weighted by Gasteiger charge is 2.08. The van der Waals surface area contributed by atoms with Gasteiger partial charge in [0.1, 0.15) is 0 Å². The van der Waals surface area contributed by atoms with Gasteiger partial charge in [-0.05, 0) is 12.8 Å². The highest BCUT2D eigenvalue weighted by Crippen LogP contribution is 2.19. The second-order valence-electron chi connectivity index (χ2n) is 5.50. The van der Waals surface area contributed by atoms with Crippen molar-refractivity contribution in [2.75, 3.05) is 24.6 Å². The molecule has 6 amide bonds. The Morgan fingerprint density at radius 2 is 1.38 bits per heavy atom. The van der Waals surface area contributed by atoms with E-state index < -0.39 is 12.1 Å². The third kappa shape index (κ3) is 16.1. The summed E-state index contributed by atoms with van der Waals surface area (Å²) >= 11 is 0. The van der Waals surface area contributed by atoms with Crippen LogP contribution in [0.3, 0.4) is 0 Å². The van der Waals surface area contributed by atoms with Crippen LogP contribution in [0, 0.1) is 0 Å². The molecular weight excluding hydrogens is 376 g/mol. The Bertz CT molecular complexity index is 450. The fourth-order valence-electron chi connectivity index (χ4n) is 1.75. The lowest BCUT2D eigenvalue weighted by Gasteiger charge is -2.07. The number of carbonyl (C=O) groups excluding carboxylic acids is 4. The number of hydrogen-bond acceptors (Lipinski definition) is 6. The lowest BCUT2D eigenvalue weighted by atomic mass is 10.1. The van der Waals surface area contributed by atoms with E-state index in [0.29, 0.717) is 25.3 Å². The average Bonchev–Trinajstić information content (AvgIpc) is 2.59. The van der Waals surface area contributed by atoms with E-state index in [4.69, 9.17) is 0 Å². The highest BCUT2D eigenvalue weighted by molar-refractivity contribution is 8.76. The first-order chi connectivity index (χ1) is 12.5. The molecule has 0 unspecified atom stereocenters. The van der Waals surface area contributed by atoms with E-state index in [2.05, 4.69) is 28.2 Å². The number of urea groups is 2. The monoisotopic (exact) mass is 406 g/mol. The average molecular weight is 407 g/mol. The number of amides is 6. The van der Waals surface area contributed by atoms with Crippen LogP contribution in [0.15, 0.2) is 0 Å². The molecule has 4 N–H and O–H groups in total. The van der Waals surface area contributed by atoms with Gasteiger partial charge in [0.25, 0.3) is 0 Å². The largest absolute Gasteiger partial charge is 0.338 e. The predicted octanol–water partition coefficient (Wildman–Crippen LogP) is 2.40. The van der Waals surface area contributed by atoms with Crippen LogP contribution in [0.5, 0.6) is 0 Å². The normalized spacial score (nSPS) is 10.1. The van der Waals surface area contributed by atoms with Crippen molar-refractivity contribution in [3.05, 3.63) is 0 Å². The molecule has 0 aliphatic heterocycles. The predicted molar refractivity (Wildman–Crippen MR) is 107 cm³/mol. The maximum absolute atomic E-state index is 11.5. The smallest absolute Gasteiger partial charge is 0.321 e. The summed E-state index contributed by atoms with van der Waals surface area (Å²) in [5, 5.41) is 9.66. The summed E-state index contributed by atoms with van der Waals surface area (Å²) in [5.74, 6) is 0.0965. The van der Waals surface area contributed by atoms with Gasteiger partial charge >= 0.3 is 12.1 Å².